The van der Waals surface area contributed by atoms with Crippen molar-refractivity contribution >= 4 is 51.7 Å². The fourth-order valence-corrected chi connectivity index (χ4v) is 4.02. The highest BCUT2D eigenvalue weighted by Crippen LogP contribution is 2.36. The van der Waals surface area contributed by atoms with Crippen molar-refractivity contribution in [2.24, 2.45) is 0 Å². The molecule has 0 radical (unpaired) electrons. The lowest BCUT2D eigenvalue weighted by Crippen LogP contribution is -2.54. The minimum Gasteiger partial charge on any atom is -0.497 e. The van der Waals surface area contributed by atoms with Crippen LogP contribution in [-0.2, 0) is 9.59 Å². The number of carbonyl (C=O) groups excluding carboxylic acids is 2. The summed E-state index contributed by atoms with van der Waals surface area (Å²) >= 11 is 5.33. The molecule has 0 aliphatic carbocycles. The maximum absolute atomic E-state index is 13.6. The second-order valence-electron chi connectivity index (χ2n) is 7.26. The zero-order chi connectivity index (χ0) is 24.4. The van der Waals surface area contributed by atoms with E-state index in [0.29, 0.717) is 34.2 Å². The number of thiocarbonyl (C=S) groups is 1. The van der Waals surface area contributed by atoms with Gasteiger partial charge in [-0.3, -0.25) is 14.9 Å². The van der Waals surface area contributed by atoms with Gasteiger partial charge in [0.1, 0.15) is 28.6 Å². The minimum absolute atomic E-state index is 0.0535. The van der Waals surface area contributed by atoms with Gasteiger partial charge < -0.3 is 18.9 Å². The van der Waals surface area contributed by atoms with Crippen molar-refractivity contribution in [3.05, 3.63) is 59.7 Å². The summed E-state index contributed by atoms with van der Waals surface area (Å²) in [6, 6.07) is 14.2. The lowest BCUT2D eigenvalue weighted by molar-refractivity contribution is -0.122. The third-order valence-corrected chi connectivity index (χ3v) is 5.75. The number of ether oxygens (including phenoxy) is 4. The molecule has 9 heteroatoms. The first-order chi connectivity index (χ1) is 16.4. The molecule has 34 heavy (non-hydrogen) atoms. The molecule has 2 amide bonds. The summed E-state index contributed by atoms with van der Waals surface area (Å²) in [6.07, 6.45) is 1.50. The van der Waals surface area contributed by atoms with Crippen LogP contribution in [0.1, 0.15) is 5.56 Å². The van der Waals surface area contributed by atoms with Crippen molar-refractivity contribution in [1.29, 1.82) is 0 Å². The van der Waals surface area contributed by atoms with E-state index in [0.717, 1.165) is 10.8 Å². The number of hydrogen-bond acceptors (Lipinski definition) is 7. The van der Waals surface area contributed by atoms with Crippen molar-refractivity contribution in [2.45, 2.75) is 0 Å². The van der Waals surface area contributed by atoms with E-state index in [4.69, 9.17) is 31.2 Å². The first kappa shape index (κ1) is 23.1. The molecule has 0 saturated carbocycles. The number of hydrogen-bond donors (Lipinski definition) is 1. The third-order valence-electron chi connectivity index (χ3n) is 5.47. The van der Waals surface area contributed by atoms with Crippen molar-refractivity contribution < 1.29 is 28.5 Å². The normalized spacial score (nSPS) is 14.9. The van der Waals surface area contributed by atoms with E-state index in [9.17, 15) is 9.59 Å². The van der Waals surface area contributed by atoms with Crippen molar-refractivity contribution in [2.75, 3.05) is 33.3 Å². The zero-order valence-corrected chi connectivity index (χ0v) is 19.8. The quantitative estimate of drug-likeness (QED) is 0.328. The highest BCUT2D eigenvalue weighted by molar-refractivity contribution is 7.80. The van der Waals surface area contributed by atoms with Crippen LogP contribution in [0.25, 0.3) is 16.8 Å². The van der Waals surface area contributed by atoms with Gasteiger partial charge in [0.25, 0.3) is 11.8 Å². The van der Waals surface area contributed by atoms with Crippen LogP contribution in [-0.4, -0.2) is 45.4 Å². The second kappa shape index (κ2) is 9.40. The Balaban J connectivity index is 1.88. The molecule has 8 nitrogen and oxygen atoms in total. The molecule has 1 aliphatic heterocycles. The highest BCUT2D eigenvalue weighted by Gasteiger charge is 2.36. The summed E-state index contributed by atoms with van der Waals surface area (Å²) < 4.78 is 21.6. The van der Waals surface area contributed by atoms with Crippen LogP contribution >= 0.6 is 12.2 Å². The zero-order valence-electron chi connectivity index (χ0n) is 19.0. The van der Waals surface area contributed by atoms with Crippen LogP contribution in [0.3, 0.4) is 0 Å². The molecule has 0 unspecified atom stereocenters. The number of amides is 2. The van der Waals surface area contributed by atoms with Gasteiger partial charge in [-0.15, -0.1) is 0 Å². The average molecular weight is 479 g/mol. The smallest absolute Gasteiger partial charge is 0.270 e. The van der Waals surface area contributed by atoms with Gasteiger partial charge in [-0.2, -0.15) is 0 Å². The van der Waals surface area contributed by atoms with E-state index >= 15 is 0 Å². The Kier molecular flexibility index (Phi) is 6.38. The molecule has 174 valence electrons. The van der Waals surface area contributed by atoms with E-state index in [2.05, 4.69) is 5.32 Å². The fourth-order valence-electron chi connectivity index (χ4n) is 3.75. The fraction of sp³-hybridized carbons (Fsp3) is 0.160. The number of rotatable bonds is 6. The molecule has 1 saturated heterocycles. The predicted octanol–water partition coefficient (Wildman–Crippen LogP) is 3.71. The van der Waals surface area contributed by atoms with Gasteiger partial charge in [-0.05, 0) is 59.4 Å². The number of fused-ring (bicyclic) bond motifs is 1. The standard InChI is InChI=1S/C25H22N2O6S/c1-30-15-7-5-14-6-10-21(32-3)18(17(14)11-15)13-19-23(28)26-25(34)27(24(19)29)20-9-8-16(31-2)12-22(20)33-4/h5-13H,1-4H3,(H,26,28,34)/b19-13+. The summed E-state index contributed by atoms with van der Waals surface area (Å²) in [6.45, 7) is 0. The van der Waals surface area contributed by atoms with E-state index in [-0.39, 0.29) is 10.7 Å². The molecule has 0 spiro atoms. The van der Waals surface area contributed by atoms with Crippen LogP contribution in [0, 0.1) is 0 Å². The van der Waals surface area contributed by atoms with E-state index in [1.165, 1.54) is 32.3 Å². The van der Waals surface area contributed by atoms with Crippen LogP contribution < -0.4 is 29.2 Å². The molecule has 1 heterocycles. The van der Waals surface area contributed by atoms with Gasteiger partial charge in [0.05, 0.1) is 34.1 Å². The summed E-state index contributed by atoms with van der Waals surface area (Å²) in [7, 11) is 6.09. The van der Waals surface area contributed by atoms with E-state index < -0.39 is 11.8 Å². The molecule has 0 atom stereocenters. The molecule has 1 N–H and O–H groups in total. The van der Waals surface area contributed by atoms with Crippen LogP contribution in [0.2, 0.25) is 0 Å². The Morgan fingerprint density at radius 2 is 1.47 bits per heavy atom. The minimum atomic E-state index is -0.610. The van der Waals surface area contributed by atoms with Gasteiger partial charge in [0.15, 0.2) is 5.11 Å². The van der Waals surface area contributed by atoms with Crippen molar-refractivity contribution in [3.8, 4) is 23.0 Å². The Morgan fingerprint density at radius 1 is 0.824 bits per heavy atom. The second-order valence-corrected chi connectivity index (χ2v) is 7.65. The number of nitrogens with one attached hydrogen (secondary N) is 1. The van der Waals surface area contributed by atoms with Crippen LogP contribution in [0.15, 0.2) is 54.1 Å². The summed E-state index contributed by atoms with van der Waals surface area (Å²) in [5.41, 5.74) is 0.822. The molecular formula is C25H22N2O6S. The Bertz CT molecular complexity index is 1350. The predicted molar refractivity (Wildman–Crippen MR) is 133 cm³/mol. The summed E-state index contributed by atoms with van der Waals surface area (Å²) in [5, 5.41) is 4.19. The average Bonchev–Trinajstić information content (AvgIpc) is 2.85. The number of anilines is 1. The van der Waals surface area contributed by atoms with E-state index in [1.54, 1.807) is 31.4 Å². The molecule has 4 rings (SSSR count). The monoisotopic (exact) mass is 478 g/mol. The van der Waals surface area contributed by atoms with Gasteiger partial charge >= 0.3 is 0 Å². The van der Waals surface area contributed by atoms with Gasteiger partial charge in [0, 0.05) is 11.6 Å². The molecular weight excluding hydrogens is 456 g/mol. The number of methoxy groups -OCH3 is 4. The molecule has 1 aliphatic rings. The highest BCUT2D eigenvalue weighted by atomic mass is 32.1. The van der Waals surface area contributed by atoms with Crippen molar-refractivity contribution in [1.82, 2.24) is 5.32 Å². The largest absolute Gasteiger partial charge is 0.497 e. The number of carbonyl (C=O) groups is 2. The van der Waals surface area contributed by atoms with Crippen molar-refractivity contribution in [3.63, 3.8) is 0 Å². The number of nitrogens with zero attached hydrogens (tertiary/aromatic N) is 1. The van der Waals surface area contributed by atoms with Crippen LogP contribution in [0.4, 0.5) is 5.69 Å². The van der Waals surface area contributed by atoms with Gasteiger partial charge in [-0.25, -0.2) is 4.90 Å². The number of benzene rings is 3. The molecule has 0 aromatic heterocycles. The maximum Gasteiger partial charge on any atom is 0.270 e. The third kappa shape index (κ3) is 4.01. The SMILES string of the molecule is COc1ccc(N2C(=O)/C(=C/c3c(OC)ccc4ccc(OC)cc34)C(=O)NC2=S)c(OC)c1. The lowest BCUT2D eigenvalue weighted by atomic mass is 9.99. The summed E-state index contributed by atoms with van der Waals surface area (Å²) in [5.74, 6) is 0.823. The van der Waals surface area contributed by atoms with Crippen LogP contribution in [0.5, 0.6) is 23.0 Å². The Morgan fingerprint density at radius 3 is 2.15 bits per heavy atom. The van der Waals surface area contributed by atoms with Gasteiger partial charge in [0.2, 0.25) is 0 Å². The molecule has 3 aromatic rings. The maximum atomic E-state index is 13.6. The Hall–Kier alpha value is -4.11. The summed E-state index contributed by atoms with van der Waals surface area (Å²) in [4.78, 5) is 27.7. The molecule has 3 aromatic carbocycles. The van der Waals surface area contributed by atoms with E-state index in [1.807, 2.05) is 24.3 Å². The van der Waals surface area contributed by atoms with Gasteiger partial charge in [-0.1, -0.05) is 12.1 Å². The Labute approximate surface area is 201 Å². The first-order valence-electron chi connectivity index (χ1n) is 10.2. The molecule has 1 fully saturated rings. The lowest BCUT2D eigenvalue weighted by Gasteiger charge is -2.30. The first-order valence-corrected chi connectivity index (χ1v) is 10.6. The topological polar surface area (TPSA) is 86.3 Å². The molecule has 0 bridgehead atoms.